The summed E-state index contributed by atoms with van der Waals surface area (Å²) in [5.74, 6) is 0.116. The maximum Gasteiger partial charge on any atom is 0.256 e. The largest absolute Gasteiger partial charge is 0.333 e. The molecule has 1 fully saturated rings. The minimum Gasteiger partial charge on any atom is -0.333 e. The lowest BCUT2D eigenvalue weighted by molar-refractivity contribution is 0.0700. The van der Waals surface area contributed by atoms with Crippen molar-refractivity contribution in [2.45, 2.75) is 31.2 Å². The first-order valence-corrected chi connectivity index (χ1v) is 6.10. The fourth-order valence-corrected chi connectivity index (χ4v) is 2.92. The summed E-state index contributed by atoms with van der Waals surface area (Å²) in [6.45, 7) is 2.12. The van der Waals surface area contributed by atoms with E-state index >= 15 is 0 Å². The Bertz CT molecular complexity index is 514. The van der Waals surface area contributed by atoms with Crippen molar-refractivity contribution in [1.29, 1.82) is 0 Å². The molecule has 0 spiro atoms. The van der Waals surface area contributed by atoms with Crippen LogP contribution in [0.2, 0.25) is 0 Å². The third kappa shape index (κ3) is 1.43. The molecule has 1 saturated heterocycles. The molecule has 0 saturated carbocycles. The van der Waals surface area contributed by atoms with Gasteiger partial charge in [-0.15, -0.1) is 0 Å². The standard InChI is InChI=1S/C13H15BN2O/c1-9-6-7-13(14)8-15-11-5-3-2-4-10(11)12(17)16(9)13/h2-5,8-9H,6-7,14H2,1H3. The first-order valence-electron chi connectivity index (χ1n) is 6.10. The van der Waals surface area contributed by atoms with Crippen molar-refractivity contribution in [2.24, 2.45) is 4.99 Å². The molecule has 0 aliphatic carbocycles. The van der Waals surface area contributed by atoms with Gasteiger partial charge in [-0.1, -0.05) is 12.1 Å². The second kappa shape index (κ2) is 3.46. The molecule has 1 aromatic rings. The quantitative estimate of drug-likeness (QED) is 0.614. The molecule has 3 nitrogen and oxygen atoms in total. The minimum atomic E-state index is -0.213. The molecule has 2 unspecified atom stereocenters. The van der Waals surface area contributed by atoms with Crippen LogP contribution in [0.3, 0.4) is 0 Å². The van der Waals surface area contributed by atoms with Gasteiger partial charge in [0.1, 0.15) is 7.85 Å². The average Bonchev–Trinajstić information content (AvgIpc) is 2.57. The van der Waals surface area contributed by atoms with Crippen molar-refractivity contribution in [1.82, 2.24) is 4.90 Å². The summed E-state index contributed by atoms with van der Waals surface area (Å²) in [5.41, 5.74) is 1.30. The highest BCUT2D eigenvalue weighted by Gasteiger charge is 2.44. The predicted molar refractivity (Wildman–Crippen MR) is 70.7 cm³/mol. The Hall–Kier alpha value is -1.58. The Morgan fingerprint density at radius 1 is 1.47 bits per heavy atom. The third-order valence-corrected chi connectivity index (χ3v) is 3.89. The topological polar surface area (TPSA) is 32.7 Å². The number of carbonyl (C=O) groups is 1. The number of hydrogen-bond acceptors (Lipinski definition) is 2. The smallest absolute Gasteiger partial charge is 0.256 e. The highest BCUT2D eigenvalue weighted by atomic mass is 16.2. The Morgan fingerprint density at radius 3 is 3.06 bits per heavy atom. The van der Waals surface area contributed by atoms with Gasteiger partial charge in [0.05, 0.1) is 11.3 Å². The Morgan fingerprint density at radius 2 is 2.24 bits per heavy atom. The minimum absolute atomic E-state index is 0.116. The van der Waals surface area contributed by atoms with Crippen LogP contribution in [0.4, 0.5) is 5.69 Å². The first kappa shape index (κ1) is 10.6. The van der Waals surface area contributed by atoms with Gasteiger partial charge in [0.15, 0.2) is 0 Å². The molecule has 1 aromatic carbocycles. The molecule has 2 heterocycles. The second-order valence-corrected chi connectivity index (χ2v) is 5.20. The lowest BCUT2D eigenvalue weighted by Crippen LogP contribution is -2.51. The van der Waals surface area contributed by atoms with Crippen molar-refractivity contribution >= 4 is 25.7 Å². The summed E-state index contributed by atoms with van der Waals surface area (Å²) in [7, 11) is 2.10. The number of nitrogens with zero attached hydrogens (tertiary/aromatic N) is 2. The predicted octanol–water partition coefficient (Wildman–Crippen LogP) is 1.36. The zero-order valence-electron chi connectivity index (χ0n) is 10.2. The molecule has 17 heavy (non-hydrogen) atoms. The van der Waals surface area contributed by atoms with Crippen LogP contribution in [-0.2, 0) is 0 Å². The Balaban J connectivity index is 2.17. The molecule has 4 heteroatoms. The van der Waals surface area contributed by atoms with Crippen LogP contribution in [0, 0.1) is 0 Å². The number of rotatable bonds is 0. The molecular weight excluding hydrogens is 211 g/mol. The summed E-state index contributed by atoms with van der Waals surface area (Å²) in [5, 5.41) is 0. The Labute approximate surface area is 102 Å². The number of aliphatic imine (C=N–C) groups is 1. The van der Waals surface area contributed by atoms with Gasteiger partial charge in [0.2, 0.25) is 0 Å². The fraction of sp³-hybridized carbons (Fsp3) is 0.385. The monoisotopic (exact) mass is 226 g/mol. The second-order valence-electron chi connectivity index (χ2n) is 5.20. The molecule has 3 rings (SSSR count). The van der Waals surface area contributed by atoms with Crippen LogP contribution in [-0.4, -0.2) is 36.3 Å². The number of carbonyl (C=O) groups excluding carboxylic acids is 1. The molecule has 0 aromatic heterocycles. The third-order valence-electron chi connectivity index (χ3n) is 3.89. The summed E-state index contributed by atoms with van der Waals surface area (Å²) in [6.07, 6.45) is 3.99. The van der Waals surface area contributed by atoms with Crippen LogP contribution < -0.4 is 0 Å². The van der Waals surface area contributed by atoms with Crippen molar-refractivity contribution in [2.75, 3.05) is 0 Å². The lowest BCUT2D eigenvalue weighted by atomic mass is 9.76. The SMILES string of the molecule is BC12C=Nc3ccccc3C(=O)N1C(C)CC2. The van der Waals surface area contributed by atoms with E-state index in [-0.39, 0.29) is 11.3 Å². The van der Waals surface area contributed by atoms with E-state index in [1.54, 1.807) is 0 Å². The zero-order valence-corrected chi connectivity index (χ0v) is 10.2. The number of hydrogen-bond donors (Lipinski definition) is 0. The van der Waals surface area contributed by atoms with E-state index in [1.165, 1.54) is 0 Å². The zero-order chi connectivity index (χ0) is 12.0. The van der Waals surface area contributed by atoms with Gasteiger partial charge in [-0.05, 0) is 31.9 Å². The molecule has 86 valence electrons. The lowest BCUT2D eigenvalue weighted by Gasteiger charge is -2.34. The van der Waals surface area contributed by atoms with E-state index in [9.17, 15) is 4.79 Å². The van der Waals surface area contributed by atoms with Gasteiger partial charge in [0.25, 0.3) is 5.91 Å². The van der Waals surface area contributed by atoms with Crippen LogP contribution >= 0.6 is 0 Å². The van der Waals surface area contributed by atoms with Gasteiger partial charge in [-0.25, -0.2) is 0 Å². The van der Waals surface area contributed by atoms with Crippen LogP contribution in [0.15, 0.2) is 29.3 Å². The van der Waals surface area contributed by atoms with Gasteiger partial charge >= 0.3 is 0 Å². The fourth-order valence-electron chi connectivity index (χ4n) is 2.92. The molecule has 0 radical (unpaired) electrons. The summed E-state index contributed by atoms with van der Waals surface area (Å²) >= 11 is 0. The van der Waals surface area contributed by atoms with E-state index in [1.807, 2.05) is 35.4 Å². The maximum atomic E-state index is 12.6. The van der Waals surface area contributed by atoms with Crippen molar-refractivity contribution in [3.05, 3.63) is 29.8 Å². The molecule has 0 bridgehead atoms. The maximum absolute atomic E-state index is 12.6. The molecule has 1 amide bonds. The summed E-state index contributed by atoms with van der Waals surface area (Å²) < 4.78 is 0. The van der Waals surface area contributed by atoms with Crippen molar-refractivity contribution in [3.63, 3.8) is 0 Å². The van der Waals surface area contributed by atoms with Crippen LogP contribution in [0.1, 0.15) is 30.1 Å². The Kier molecular flexibility index (Phi) is 2.15. The van der Waals surface area contributed by atoms with Crippen molar-refractivity contribution < 1.29 is 4.79 Å². The summed E-state index contributed by atoms with van der Waals surface area (Å²) in [4.78, 5) is 19.1. The molecule has 2 atom stereocenters. The normalized spacial score (nSPS) is 31.0. The van der Waals surface area contributed by atoms with Gasteiger partial charge in [-0.2, -0.15) is 0 Å². The molecular formula is C13H15BN2O. The van der Waals surface area contributed by atoms with E-state index in [0.717, 1.165) is 24.1 Å². The highest BCUT2D eigenvalue weighted by Crippen LogP contribution is 2.36. The first-order chi connectivity index (χ1) is 8.12. The summed E-state index contributed by atoms with van der Waals surface area (Å²) in [6, 6.07) is 7.89. The van der Waals surface area contributed by atoms with E-state index in [4.69, 9.17) is 0 Å². The van der Waals surface area contributed by atoms with E-state index < -0.39 is 0 Å². The number of benzene rings is 1. The van der Waals surface area contributed by atoms with Gasteiger partial charge in [-0.3, -0.25) is 9.79 Å². The van der Waals surface area contributed by atoms with E-state index in [2.05, 4.69) is 19.8 Å². The highest BCUT2D eigenvalue weighted by molar-refractivity contribution is 6.28. The van der Waals surface area contributed by atoms with E-state index in [0.29, 0.717) is 6.04 Å². The number of para-hydroxylation sites is 1. The molecule has 2 aliphatic rings. The van der Waals surface area contributed by atoms with Crippen LogP contribution in [0.25, 0.3) is 0 Å². The van der Waals surface area contributed by atoms with Gasteiger partial charge in [0, 0.05) is 17.7 Å². The average molecular weight is 226 g/mol. The number of amides is 1. The number of fused-ring (bicyclic) bond motifs is 2. The van der Waals surface area contributed by atoms with Gasteiger partial charge < -0.3 is 4.90 Å². The molecule has 2 aliphatic heterocycles. The molecule has 0 N–H and O–H groups in total. The van der Waals surface area contributed by atoms with Crippen LogP contribution in [0.5, 0.6) is 0 Å². The van der Waals surface area contributed by atoms with Crippen molar-refractivity contribution in [3.8, 4) is 0 Å².